The van der Waals surface area contributed by atoms with Gasteiger partial charge in [0.15, 0.2) is 0 Å². The van der Waals surface area contributed by atoms with Gasteiger partial charge in [-0.2, -0.15) is 0 Å². The van der Waals surface area contributed by atoms with Gasteiger partial charge in [-0.15, -0.1) is 0 Å². The highest BCUT2D eigenvalue weighted by atomic mass is 16.4. The van der Waals surface area contributed by atoms with Crippen LogP contribution in [0.25, 0.3) is 0 Å². The third-order valence-electron chi connectivity index (χ3n) is 2.52. The molecule has 0 aromatic carbocycles. The first kappa shape index (κ1) is 8.31. The number of rotatable bonds is 3. The lowest BCUT2D eigenvalue weighted by Crippen LogP contribution is -2.23. The predicted octanol–water partition coefficient (Wildman–Crippen LogP) is 1.19. The summed E-state index contributed by atoms with van der Waals surface area (Å²) in [6.07, 6.45) is 2.02. The zero-order valence-electron chi connectivity index (χ0n) is 7.33. The van der Waals surface area contributed by atoms with Crippen LogP contribution in [0.5, 0.6) is 0 Å². The van der Waals surface area contributed by atoms with Crippen LogP contribution in [0.2, 0.25) is 0 Å². The number of aromatic carboxylic acids is 1. The van der Waals surface area contributed by atoms with Crippen molar-refractivity contribution in [1.82, 2.24) is 5.32 Å². The molecule has 2 N–H and O–H groups in total. The number of carbonyl (C=O) groups is 1. The molecule has 1 aromatic heterocycles. The summed E-state index contributed by atoms with van der Waals surface area (Å²) in [5.41, 5.74) is -0.0896. The molecule has 13 heavy (non-hydrogen) atoms. The molecule has 0 atom stereocenters. The van der Waals surface area contributed by atoms with Gasteiger partial charge in [-0.1, -0.05) is 0 Å². The van der Waals surface area contributed by atoms with Gasteiger partial charge in [-0.3, -0.25) is 0 Å². The molecule has 0 radical (unpaired) electrons. The van der Waals surface area contributed by atoms with E-state index in [4.69, 9.17) is 9.52 Å². The SMILES string of the molecule is CNC1(c2ccc(C(=O)O)o2)CC1. The van der Waals surface area contributed by atoms with Crippen LogP contribution in [-0.4, -0.2) is 18.1 Å². The van der Waals surface area contributed by atoms with Crippen LogP contribution in [0.15, 0.2) is 16.5 Å². The molecule has 1 heterocycles. The Morgan fingerprint density at radius 1 is 1.62 bits per heavy atom. The van der Waals surface area contributed by atoms with Gasteiger partial charge in [0.25, 0.3) is 0 Å². The van der Waals surface area contributed by atoms with Crippen LogP contribution in [0.1, 0.15) is 29.2 Å². The average molecular weight is 181 g/mol. The Labute approximate surface area is 75.6 Å². The molecule has 0 amide bonds. The number of carboxylic acids is 1. The quantitative estimate of drug-likeness (QED) is 0.735. The van der Waals surface area contributed by atoms with Crippen molar-refractivity contribution in [2.24, 2.45) is 0 Å². The van der Waals surface area contributed by atoms with Crippen LogP contribution >= 0.6 is 0 Å². The highest BCUT2D eigenvalue weighted by Crippen LogP contribution is 2.45. The van der Waals surface area contributed by atoms with E-state index in [-0.39, 0.29) is 11.3 Å². The lowest BCUT2D eigenvalue weighted by Gasteiger charge is -2.09. The maximum absolute atomic E-state index is 10.5. The number of carboxylic acid groups (broad SMARTS) is 1. The zero-order chi connectivity index (χ0) is 9.47. The molecule has 4 heteroatoms. The first-order valence-corrected chi connectivity index (χ1v) is 4.20. The molecule has 1 aliphatic carbocycles. The fraction of sp³-hybridized carbons (Fsp3) is 0.444. The van der Waals surface area contributed by atoms with Gasteiger partial charge in [0.1, 0.15) is 5.76 Å². The first-order valence-electron chi connectivity index (χ1n) is 4.20. The number of hydrogen-bond donors (Lipinski definition) is 2. The van der Waals surface area contributed by atoms with Gasteiger partial charge >= 0.3 is 5.97 Å². The normalized spacial score (nSPS) is 18.5. The summed E-state index contributed by atoms with van der Waals surface area (Å²) in [6.45, 7) is 0. The zero-order valence-corrected chi connectivity index (χ0v) is 7.33. The van der Waals surface area contributed by atoms with Crippen LogP contribution in [0, 0.1) is 0 Å². The molecule has 0 bridgehead atoms. The third kappa shape index (κ3) is 1.23. The topological polar surface area (TPSA) is 62.5 Å². The molecule has 1 aromatic rings. The van der Waals surface area contributed by atoms with Crippen LogP contribution < -0.4 is 5.32 Å². The second-order valence-electron chi connectivity index (χ2n) is 3.30. The highest BCUT2D eigenvalue weighted by molar-refractivity contribution is 5.84. The second kappa shape index (κ2) is 2.60. The molecule has 0 unspecified atom stereocenters. The van der Waals surface area contributed by atoms with E-state index >= 15 is 0 Å². The molecule has 1 saturated carbocycles. The molecular formula is C9H11NO3. The van der Waals surface area contributed by atoms with Crippen LogP contribution in [-0.2, 0) is 5.54 Å². The monoisotopic (exact) mass is 181 g/mol. The van der Waals surface area contributed by atoms with Crippen LogP contribution in [0.3, 0.4) is 0 Å². The average Bonchev–Trinajstić information content (AvgIpc) is 2.75. The molecule has 70 valence electrons. The maximum Gasteiger partial charge on any atom is 0.371 e. The first-order chi connectivity index (χ1) is 6.18. The second-order valence-corrected chi connectivity index (χ2v) is 3.30. The van der Waals surface area contributed by atoms with Gasteiger partial charge in [0, 0.05) is 0 Å². The Morgan fingerprint density at radius 2 is 2.31 bits per heavy atom. The number of hydrogen-bond acceptors (Lipinski definition) is 3. The molecule has 0 aliphatic heterocycles. The van der Waals surface area contributed by atoms with Crippen molar-refractivity contribution in [3.8, 4) is 0 Å². The van der Waals surface area contributed by atoms with E-state index in [9.17, 15) is 4.79 Å². The van der Waals surface area contributed by atoms with Crippen molar-refractivity contribution in [3.05, 3.63) is 23.7 Å². The molecule has 1 fully saturated rings. The Bertz CT molecular complexity index is 338. The molecular weight excluding hydrogens is 170 g/mol. The van der Waals surface area contributed by atoms with Crippen molar-refractivity contribution in [3.63, 3.8) is 0 Å². The van der Waals surface area contributed by atoms with Gasteiger partial charge in [-0.05, 0) is 32.0 Å². The van der Waals surface area contributed by atoms with E-state index in [1.807, 2.05) is 7.05 Å². The van der Waals surface area contributed by atoms with Gasteiger partial charge < -0.3 is 14.8 Å². The lowest BCUT2D eigenvalue weighted by molar-refractivity contribution is 0.0659. The third-order valence-corrected chi connectivity index (χ3v) is 2.52. The van der Waals surface area contributed by atoms with Crippen molar-refractivity contribution < 1.29 is 14.3 Å². The summed E-state index contributed by atoms with van der Waals surface area (Å²) in [5, 5.41) is 11.8. The minimum Gasteiger partial charge on any atom is -0.475 e. The van der Waals surface area contributed by atoms with E-state index in [2.05, 4.69) is 5.32 Å². The fourth-order valence-electron chi connectivity index (χ4n) is 1.45. The number of furan rings is 1. The summed E-state index contributed by atoms with van der Waals surface area (Å²) >= 11 is 0. The van der Waals surface area contributed by atoms with Gasteiger partial charge in [-0.25, -0.2) is 4.79 Å². The van der Waals surface area contributed by atoms with Crippen molar-refractivity contribution in [1.29, 1.82) is 0 Å². The highest BCUT2D eigenvalue weighted by Gasteiger charge is 2.45. The molecule has 0 spiro atoms. The lowest BCUT2D eigenvalue weighted by atomic mass is 10.2. The summed E-state index contributed by atoms with van der Waals surface area (Å²) in [7, 11) is 1.86. The standard InChI is InChI=1S/C9H11NO3/c1-10-9(4-5-9)7-3-2-6(13-7)8(11)12/h2-3,10H,4-5H2,1H3,(H,11,12). The van der Waals surface area contributed by atoms with E-state index in [1.54, 1.807) is 6.07 Å². The van der Waals surface area contributed by atoms with Crippen molar-refractivity contribution >= 4 is 5.97 Å². The fourth-order valence-corrected chi connectivity index (χ4v) is 1.45. The summed E-state index contributed by atoms with van der Waals surface area (Å²) < 4.78 is 5.20. The summed E-state index contributed by atoms with van der Waals surface area (Å²) in [6, 6.07) is 3.22. The Hall–Kier alpha value is -1.29. The minimum atomic E-state index is -1.02. The molecule has 1 aliphatic rings. The van der Waals surface area contributed by atoms with Gasteiger partial charge in [0.2, 0.25) is 5.76 Å². The molecule has 4 nitrogen and oxygen atoms in total. The molecule has 2 rings (SSSR count). The van der Waals surface area contributed by atoms with Crippen LogP contribution in [0.4, 0.5) is 0 Å². The summed E-state index contributed by atoms with van der Waals surface area (Å²) in [4.78, 5) is 10.5. The van der Waals surface area contributed by atoms with Crippen molar-refractivity contribution in [2.75, 3.05) is 7.05 Å². The smallest absolute Gasteiger partial charge is 0.371 e. The summed E-state index contributed by atoms with van der Waals surface area (Å²) in [5.74, 6) is -0.276. The minimum absolute atomic E-state index is 0.0107. The predicted molar refractivity (Wildman–Crippen MR) is 45.6 cm³/mol. The largest absolute Gasteiger partial charge is 0.475 e. The Balaban J connectivity index is 2.28. The Morgan fingerprint density at radius 3 is 2.69 bits per heavy atom. The van der Waals surface area contributed by atoms with Crippen molar-refractivity contribution in [2.45, 2.75) is 18.4 Å². The van der Waals surface area contributed by atoms with E-state index in [1.165, 1.54) is 6.07 Å². The molecule has 0 saturated heterocycles. The van der Waals surface area contributed by atoms with Gasteiger partial charge in [0.05, 0.1) is 5.54 Å². The van der Waals surface area contributed by atoms with E-state index < -0.39 is 5.97 Å². The maximum atomic E-state index is 10.5. The Kier molecular flexibility index (Phi) is 1.66. The van der Waals surface area contributed by atoms with E-state index in [0.717, 1.165) is 18.6 Å². The number of nitrogens with one attached hydrogen (secondary N) is 1. The van der Waals surface area contributed by atoms with E-state index in [0.29, 0.717) is 0 Å².